The Balaban J connectivity index is 1.86. The van der Waals surface area contributed by atoms with E-state index in [1.165, 1.54) is 13.3 Å². The van der Waals surface area contributed by atoms with Crippen LogP contribution in [0.1, 0.15) is 12.0 Å². The molecule has 26 heavy (non-hydrogen) atoms. The minimum atomic E-state index is -0.548. The van der Waals surface area contributed by atoms with Crippen LogP contribution in [0.2, 0.25) is 5.02 Å². The Labute approximate surface area is 155 Å². The van der Waals surface area contributed by atoms with Gasteiger partial charge in [0.2, 0.25) is 11.8 Å². The van der Waals surface area contributed by atoms with E-state index in [0.717, 1.165) is 0 Å². The minimum Gasteiger partial charge on any atom is -0.497 e. The van der Waals surface area contributed by atoms with Crippen LogP contribution in [0.25, 0.3) is 0 Å². The van der Waals surface area contributed by atoms with Gasteiger partial charge in [-0.3, -0.25) is 9.59 Å². The Kier molecular flexibility index (Phi) is 6.99. The smallest absolute Gasteiger partial charge is 0.249 e. The Morgan fingerprint density at radius 3 is 2.46 bits per heavy atom. The molecule has 0 heterocycles. The molecule has 0 aliphatic heterocycles. The van der Waals surface area contributed by atoms with Crippen molar-refractivity contribution >= 4 is 35.3 Å². The second-order valence-electron chi connectivity index (χ2n) is 5.13. The number of anilines is 1. The van der Waals surface area contributed by atoms with Crippen molar-refractivity contribution < 1.29 is 19.1 Å². The number of carbonyl (C=O) groups excluding carboxylic acids is 2. The highest BCUT2D eigenvalue weighted by Gasteiger charge is 2.09. The van der Waals surface area contributed by atoms with Crippen molar-refractivity contribution in [3.63, 3.8) is 0 Å². The predicted molar refractivity (Wildman–Crippen MR) is 100.0 cm³/mol. The molecule has 0 spiro atoms. The number of methoxy groups -OCH3 is 2. The van der Waals surface area contributed by atoms with Crippen molar-refractivity contribution in [2.24, 2.45) is 5.10 Å². The molecule has 7 nitrogen and oxygen atoms in total. The first-order valence-corrected chi connectivity index (χ1v) is 7.99. The summed E-state index contributed by atoms with van der Waals surface area (Å²) in [5, 5.41) is 6.94. The zero-order valence-corrected chi connectivity index (χ0v) is 15.0. The fourth-order valence-corrected chi connectivity index (χ4v) is 2.23. The summed E-state index contributed by atoms with van der Waals surface area (Å²) in [6.45, 7) is 0. The highest BCUT2D eigenvalue weighted by molar-refractivity contribution is 6.30. The summed E-state index contributed by atoms with van der Waals surface area (Å²) in [4.78, 5) is 23.7. The number of hydrogen-bond acceptors (Lipinski definition) is 5. The molecule has 0 bridgehead atoms. The average Bonchev–Trinajstić information content (AvgIpc) is 2.62. The number of nitrogens with one attached hydrogen (secondary N) is 2. The van der Waals surface area contributed by atoms with Crippen LogP contribution in [0, 0.1) is 0 Å². The number of amides is 2. The lowest BCUT2D eigenvalue weighted by molar-refractivity contribution is -0.126. The van der Waals surface area contributed by atoms with Gasteiger partial charge in [-0.05, 0) is 42.5 Å². The Morgan fingerprint density at radius 1 is 1.08 bits per heavy atom. The van der Waals surface area contributed by atoms with Crippen LogP contribution >= 0.6 is 11.6 Å². The summed E-state index contributed by atoms with van der Waals surface area (Å²) in [7, 11) is 3.07. The molecule has 2 rings (SSSR count). The summed E-state index contributed by atoms with van der Waals surface area (Å²) in [5.74, 6) is 0.229. The number of halogens is 1. The van der Waals surface area contributed by atoms with Crippen LogP contribution in [0.5, 0.6) is 11.5 Å². The van der Waals surface area contributed by atoms with E-state index in [-0.39, 0.29) is 6.42 Å². The molecule has 136 valence electrons. The Hall–Kier alpha value is -3.06. The van der Waals surface area contributed by atoms with E-state index in [9.17, 15) is 9.59 Å². The molecule has 0 saturated heterocycles. The Bertz CT molecular complexity index is 807. The number of carbonyl (C=O) groups is 2. The summed E-state index contributed by atoms with van der Waals surface area (Å²) < 4.78 is 10.2. The van der Waals surface area contributed by atoms with Gasteiger partial charge in [-0.2, -0.15) is 5.10 Å². The van der Waals surface area contributed by atoms with E-state index >= 15 is 0 Å². The van der Waals surface area contributed by atoms with Gasteiger partial charge in [0.05, 0.1) is 20.4 Å². The van der Waals surface area contributed by atoms with E-state index < -0.39 is 11.8 Å². The molecule has 2 aromatic rings. The summed E-state index contributed by atoms with van der Waals surface area (Å²) >= 11 is 5.91. The normalized spacial score (nSPS) is 10.4. The first-order valence-electron chi connectivity index (χ1n) is 7.61. The van der Waals surface area contributed by atoms with Crippen LogP contribution in [0.3, 0.4) is 0 Å². The molecule has 2 aromatic carbocycles. The molecule has 2 amide bonds. The van der Waals surface area contributed by atoms with Crippen LogP contribution in [-0.4, -0.2) is 32.2 Å². The van der Waals surface area contributed by atoms with Crippen molar-refractivity contribution in [2.45, 2.75) is 6.42 Å². The van der Waals surface area contributed by atoms with Crippen molar-refractivity contribution in [1.82, 2.24) is 5.43 Å². The van der Waals surface area contributed by atoms with E-state index in [4.69, 9.17) is 21.1 Å². The molecular weight excluding hydrogens is 358 g/mol. The third kappa shape index (κ3) is 5.78. The molecule has 0 aliphatic carbocycles. The molecule has 0 unspecified atom stereocenters. The lowest BCUT2D eigenvalue weighted by Gasteiger charge is -2.06. The van der Waals surface area contributed by atoms with Gasteiger partial charge in [-0.25, -0.2) is 5.43 Å². The van der Waals surface area contributed by atoms with E-state index in [2.05, 4.69) is 15.8 Å². The van der Waals surface area contributed by atoms with Gasteiger partial charge in [0.25, 0.3) is 0 Å². The van der Waals surface area contributed by atoms with E-state index in [0.29, 0.717) is 27.8 Å². The SMILES string of the molecule is COc1ccc(NC(=O)CC(=O)NN=Cc2cc(Cl)ccc2OC)cc1. The molecule has 0 saturated carbocycles. The lowest BCUT2D eigenvalue weighted by Crippen LogP contribution is -2.24. The zero-order chi connectivity index (χ0) is 18.9. The fourth-order valence-electron chi connectivity index (χ4n) is 2.04. The molecule has 8 heteroatoms. The highest BCUT2D eigenvalue weighted by Crippen LogP contribution is 2.20. The number of hydrogen-bond donors (Lipinski definition) is 2. The first-order chi connectivity index (χ1) is 12.5. The maximum absolute atomic E-state index is 11.9. The van der Waals surface area contributed by atoms with Gasteiger partial charge in [0.1, 0.15) is 17.9 Å². The van der Waals surface area contributed by atoms with Gasteiger partial charge < -0.3 is 14.8 Å². The maximum atomic E-state index is 11.9. The monoisotopic (exact) mass is 375 g/mol. The zero-order valence-electron chi connectivity index (χ0n) is 14.3. The van der Waals surface area contributed by atoms with Crippen LogP contribution in [0.15, 0.2) is 47.6 Å². The fraction of sp³-hybridized carbons (Fsp3) is 0.167. The third-order valence-electron chi connectivity index (χ3n) is 3.28. The van der Waals surface area contributed by atoms with Crippen LogP contribution < -0.4 is 20.2 Å². The van der Waals surface area contributed by atoms with Crippen LogP contribution in [-0.2, 0) is 9.59 Å². The van der Waals surface area contributed by atoms with Gasteiger partial charge in [0, 0.05) is 16.3 Å². The van der Waals surface area contributed by atoms with Gasteiger partial charge in [-0.1, -0.05) is 11.6 Å². The van der Waals surface area contributed by atoms with Crippen molar-refractivity contribution in [2.75, 3.05) is 19.5 Å². The average molecular weight is 376 g/mol. The first kappa shape index (κ1) is 19.3. The predicted octanol–water partition coefficient (Wildman–Crippen LogP) is 2.84. The summed E-state index contributed by atoms with van der Waals surface area (Å²) in [6.07, 6.45) is 1.03. The number of nitrogens with zero attached hydrogens (tertiary/aromatic N) is 1. The molecule has 0 aromatic heterocycles. The van der Waals surface area contributed by atoms with Crippen molar-refractivity contribution in [3.05, 3.63) is 53.1 Å². The number of rotatable bonds is 7. The van der Waals surface area contributed by atoms with E-state index in [1.807, 2.05) is 0 Å². The summed E-state index contributed by atoms with van der Waals surface area (Å²) in [5.41, 5.74) is 3.45. The molecule has 2 N–H and O–H groups in total. The molecule has 0 radical (unpaired) electrons. The Morgan fingerprint density at radius 2 is 1.81 bits per heavy atom. The molecule has 0 fully saturated rings. The molecule has 0 atom stereocenters. The van der Waals surface area contributed by atoms with Gasteiger partial charge in [0.15, 0.2) is 0 Å². The van der Waals surface area contributed by atoms with Gasteiger partial charge >= 0.3 is 0 Å². The van der Waals surface area contributed by atoms with Crippen molar-refractivity contribution in [1.29, 1.82) is 0 Å². The van der Waals surface area contributed by atoms with Crippen LogP contribution in [0.4, 0.5) is 5.69 Å². The molecular formula is C18H18ClN3O4. The molecule has 0 aliphatic rings. The highest BCUT2D eigenvalue weighted by atomic mass is 35.5. The number of hydrazone groups is 1. The second kappa shape index (κ2) is 9.43. The second-order valence-corrected chi connectivity index (χ2v) is 5.57. The maximum Gasteiger partial charge on any atom is 0.249 e. The topological polar surface area (TPSA) is 89.0 Å². The van der Waals surface area contributed by atoms with E-state index in [1.54, 1.807) is 49.6 Å². The quantitative estimate of drug-likeness (QED) is 0.442. The standard InChI is InChI=1S/C18H18ClN3O4/c1-25-15-6-4-14(5-7-15)21-17(23)10-18(24)22-20-11-12-9-13(19)3-8-16(12)26-2/h3-9,11H,10H2,1-2H3,(H,21,23)(H,22,24). The number of ether oxygens (including phenoxy) is 2. The summed E-state index contributed by atoms with van der Waals surface area (Å²) in [6, 6.07) is 11.8. The van der Waals surface area contributed by atoms with Crippen molar-refractivity contribution in [3.8, 4) is 11.5 Å². The minimum absolute atomic E-state index is 0.365. The third-order valence-corrected chi connectivity index (χ3v) is 3.51. The largest absolute Gasteiger partial charge is 0.497 e. The number of benzene rings is 2. The van der Waals surface area contributed by atoms with Gasteiger partial charge in [-0.15, -0.1) is 0 Å². The lowest BCUT2D eigenvalue weighted by atomic mass is 10.2.